The highest BCUT2D eigenvalue weighted by molar-refractivity contribution is 6.33. The van der Waals surface area contributed by atoms with Crippen LogP contribution in [0.4, 0.5) is 5.69 Å². The van der Waals surface area contributed by atoms with E-state index in [0.717, 1.165) is 31.0 Å². The Labute approximate surface area is 101 Å². The summed E-state index contributed by atoms with van der Waals surface area (Å²) in [6.45, 7) is 4.38. The van der Waals surface area contributed by atoms with Gasteiger partial charge in [-0.15, -0.1) is 0 Å². The second-order valence-electron chi connectivity index (χ2n) is 4.34. The van der Waals surface area contributed by atoms with Crippen LogP contribution in [-0.2, 0) is 0 Å². The highest BCUT2D eigenvalue weighted by atomic mass is 35.5. The Balaban J connectivity index is 2.18. The molecule has 0 N–H and O–H groups in total. The predicted molar refractivity (Wildman–Crippen MR) is 67.5 cm³/mol. The standard InChI is InChI=1S/C13H16ClNO/c1-2-10-5-6-15(8-10)13-4-3-11(9-16)7-12(13)14/h3-4,7,9-10H,2,5-6,8H2,1H3. The number of nitrogens with zero attached hydrogens (tertiary/aromatic N) is 1. The van der Waals surface area contributed by atoms with Crippen molar-refractivity contribution in [2.45, 2.75) is 19.8 Å². The molecule has 0 spiro atoms. The highest BCUT2D eigenvalue weighted by Gasteiger charge is 2.22. The zero-order valence-corrected chi connectivity index (χ0v) is 10.2. The van der Waals surface area contributed by atoms with Crippen molar-refractivity contribution < 1.29 is 4.79 Å². The van der Waals surface area contributed by atoms with E-state index in [4.69, 9.17) is 11.6 Å². The van der Waals surface area contributed by atoms with Gasteiger partial charge in [0.2, 0.25) is 0 Å². The molecule has 0 aliphatic carbocycles. The van der Waals surface area contributed by atoms with Gasteiger partial charge in [0.1, 0.15) is 6.29 Å². The first-order valence-corrected chi connectivity index (χ1v) is 6.12. The van der Waals surface area contributed by atoms with Crippen molar-refractivity contribution in [3.05, 3.63) is 28.8 Å². The fourth-order valence-corrected chi connectivity index (χ4v) is 2.55. The molecule has 0 saturated carbocycles. The molecule has 1 aromatic carbocycles. The Bertz CT molecular complexity index is 392. The Morgan fingerprint density at radius 3 is 2.94 bits per heavy atom. The topological polar surface area (TPSA) is 20.3 Å². The largest absolute Gasteiger partial charge is 0.370 e. The van der Waals surface area contributed by atoms with Crippen LogP contribution in [-0.4, -0.2) is 19.4 Å². The smallest absolute Gasteiger partial charge is 0.150 e. The van der Waals surface area contributed by atoms with E-state index in [1.165, 1.54) is 12.8 Å². The van der Waals surface area contributed by atoms with Crippen LogP contribution in [0.15, 0.2) is 18.2 Å². The Hall–Kier alpha value is -1.02. The van der Waals surface area contributed by atoms with E-state index >= 15 is 0 Å². The second-order valence-corrected chi connectivity index (χ2v) is 4.74. The van der Waals surface area contributed by atoms with E-state index < -0.39 is 0 Å². The van der Waals surface area contributed by atoms with Gasteiger partial charge in [0.05, 0.1) is 10.7 Å². The molecule has 0 aromatic heterocycles. The summed E-state index contributed by atoms with van der Waals surface area (Å²) in [5.41, 5.74) is 1.70. The Kier molecular flexibility index (Phi) is 3.49. The fourth-order valence-electron chi connectivity index (χ4n) is 2.24. The molecular formula is C13H16ClNO. The number of carbonyl (C=O) groups is 1. The number of carbonyl (C=O) groups excluding carboxylic acids is 1. The lowest BCUT2D eigenvalue weighted by atomic mass is 10.1. The van der Waals surface area contributed by atoms with Gasteiger partial charge >= 0.3 is 0 Å². The van der Waals surface area contributed by atoms with Crippen LogP contribution in [0, 0.1) is 5.92 Å². The van der Waals surface area contributed by atoms with Gasteiger partial charge in [0.15, 0.2) is 0 Å². The van der Waals surface area contributed by atoms with Crippen LogP contribution in [0.3, 0.4) is 0 Å². The van der Waals surface area contributed by atoms with Gasteiger partial charge in [-0.05, 0) is 30.5 Å². The molecule has 1 aromatic rings. The predicted octanol–water partition coefficient (Wildman–Crippen LogP) is 3.39. The first-order chi connectivity index (χ1) is 7.74. The van der Waals surface area contributed by atoms with Gasteiger partial charge in [-0.2, -0.15) is 0 Å². The van der Waals surface area contributed by atoms with E-state index in [2.05, 4.69) is 11.8 Å². The average Bonchev–Trinajstić information content (AvgIpc) is 2.77. The first kappa shape index (κ1) is 11.5. The van der Waals surface area contributed by atoms with Crippen molar-refractivity contribution in [2.24, 2.45) is 5.92 Å². The molecule has 1 atom stereocenters. The summed E-state index contributed by atoms with van der Waals surface area (Å²) in [6, 6.07) is 5.51. The SMILES string of the molecule is CCC1CCN(c2ccc(C=O)cc2Cl)C1. The van der Waals surface area contributed by atoms with Crippen LogP contribution in [0.1, 0.15) is 30.1 Å². The number of hydrogen-bond donors (Lipinski definition) is 0. The zero-order valence-electron chi connectivity index (χ0n) is 9.45. The molecule has 2 nitrogen and oxygen atoms in total. The Morgan fingerprint density at radius 1 is 1.56 bits per heavy atom. The summed E-state index contributed by atoms with van der Waals surface area (Å²) in [4.78, 5) is 12.9. The van der Waals surface area contributed by atoms with Gasteiger partial charge in [-0.3, -0.25) is 4.79 Å². The van der Waals surface area contributed by atoms with Crippen molar-refractivity contribution in [1.29, 1.82) is 0 Å². The average molecular weight is 238 g/mol. The second kappa shape index (κ2) is 4.88. The number of aldehydes is 1. The third-order valence-electron chi connectivity index (χ3n) is 3.31. The molecule has 2 rings (SSSR count). The van der Waals surface area contributed by atoms with Crippen molar-refractivity contribution in [2.75, 3.05) is 18.0 Å². The fraction of sp³-hybridized carbons (Fsp3) is 0.462. The summed E-state index contributed by atoms with van der Waals surface area (Å²) >= 11 is 6.18. The van der Waals surface area contributed by atoms with E-state index in [1.54, 1.807) is 6.07 Å². The molecular weight excluding hydrogens is 222 g/mol. The minimum absolute atomic E-state index is 0.639. The quantitative estimate of drug-likeness (QED) is 0.752. The molecule has 1 heterocycles. The van der Waals surface area contributed by atoms with Crippen LogP contribution < -0.4 is 4.90 Å². The number of hydrogen-bond acceptors (Lipinski definition) is 2. The van der Waals surface area contributed by atoms with E-state index in [0.29, 0.717) is 10.6 Å². The molecule has 1 saturated heterocycles. The van der Waals surface area contributed by atoms with Crippen LogP contribution in [0.25, 0.3) is 0 Å². The van der Waals surface area contributed by atoms with Gasteiger partial charge < -0.3 is 4.90 Å². The first-order valence-electron chi connectivity index (χ1n) is 5.74. The summed E-state index contributed by atoms with van der Waals surface area (Å²) in [6.07, 6.45) is 3.29. The lowest BCUT2D eigenvalue weighted by molar-refractivity contribution is 0.112. The molecule has 0 radical (unpaired) electrons. The molecule has 0 amide bonds. The zero-order chi connectivity index (χ0) is 11.5. The summed E-state index contributed by atoms with van der Waals surface area (Å²) in [5.74, 6) is 0.779. The molecule has 1 fully saturated rings. The molecule has 1 aliphatic heterocycles. The maximum absolute atomic E-state index is 10.6. The van der Waals surface area contributed by atoms with Crippen molar-refractivity contribution >= 4 is 23.6 Å². The normalized spacial score (nSPS) is 20.1. The van der Waals surface area contributed by atoms with Gasteiger partial charge in [0.25, 0.3) is 0 Å². The van der Waals surface area contributed by atoms with E-state index in [-0.39, 0.29) is 0 Å². The minimum atomic E-state index is 0.639. The lowest BCUT2D eigenvalue weighted by Gasteiger charge is -2.20. The molecule has 1 unspecified atom stereocenters. The van der Waals surface area contributed by atoms with Crippen molar-refractivity contribution in [3.63, 3.8) is 0 Å². The molecule has 3 heteroatoms. The van der Waals surface area contributed by atoms with Gasteiger partial charge in [0, 0.05) is 18.7 Å². The maximum atomic E-state index is 10.6. The summed E-state index contributed by atoms with van der Waals surface area (Å²) in [7, 11) is 0. The highest BCUT2D eigenvalue weighted by Crippen LogP contribution is 2.31. The van der Waals surface area contributed by atoms with Crippen LogP contribution in [0.2, 0.25) is 5.02 Å². The number of benzene rings is 1. The number of anilines is 1. The molecule has 0 bridgehead atoms. The maximum Gasteiger partial charge on any atom is 0.150 e. The third-order valence-corrected chi connectivity index (χ3v) is 3.61. The van der Waals surface area contributed by atoms with Crippen molar-refractivity contribution in [1.82, 2.24) is 0 Å². The van der Waals surface area contributed by atoms with E-state index in [1.807, 2.05) is 12.1 Å². The van der Waals surface area contributed by atoms with Gasteiger partial charge in [-0.25, -0.2) is 0 Å². The lowest BCUT2D eigenvalue weighted by Crippen LogP contribution is -2.19. The van der Waals surface area contributed by atoms with E-state index in [9.17, 15) is 4.79 Å². The third kappa shape index (κ3) is 2.22. The monoisotopic (exact) mass is 237 g/mol. The van der Waals surface area contributed by atoms with Crippen LogP contribution in [0.5, 0.6) is 0 Å². The molecule has 86 valence electrons. The number of rotatable bonds is 3. The van der Waals surface area contributed by atoms with Crippen LogP contribution >= 0.6 is 11.6 Å². The molecule has 16 heavy (non-hydrogen) atoms. The van der Waals surface area contributed by atoms with Crippen molar-refractivity contribution in [3.8, 4) is 0 Å². The van der Waals surface area contributed by atoms with Gasteiger partial charge in [-0.1, -0.05) is 24.9 Å². The minimum Gasteiger partial charge on any atom is -0.370 e. The molecule has 1 aliphatic rings. The summed E-state index contributed by atoms with van der Waals surface area (Å²) < 4.78 is 0. The summed E-state index contributed by atoms with van der Waals surface area (Å²) in [5, 5.41) is 0.682. The Morgan fingerprint density at radius 2 is 2.38 bits per heavy atom. The number of halogens is 1.